The molecule has 0 aliphatic heterocycles. The van der Waals surface area contributed by atoms with Crippen molar-refractivity contribution in [1.82, 2.24) is 4.98 Å². The molecule has 0 bridgehead atoms. The molecule has 2 heteroatoms. The smallest absolute Gasteiger partial charge is 0.0908 e. The van der Waals surface area contributed by atoms with Crippen LogP contribution in [-0.4, -0.2) is 10.1 Å². The van der Waals surface area contributed by atoms with E-state index in [4.69, 9.17) is 0 Å². The van der Waals surface area contributed by atoms with Crippen LogP contribution < -0.4 is 0 Å². The summed E-state index contributed by atoms with van der Waals surface area (Å²) in [5.41, 5.74) is 0.300. The van der Waals surface area contributed by atoms with E-state index in [0.717, 1.165) is 30.7 Å². The molecule has 100 valence electrons. The molecule has 1 fully saturated rings. The molecule has 1 aromatic heterocycles. The van der Waals surface area contributed by atoms with E-state index in [1.807, 2.05) is 18.3 Å². The third-order valence-electron chi connectivity index (χ3n) is 4.47. The molecular weight excluding hydrogens is 222 g/mol. The quantitative estimate of drug-likeness (QED) is 0.851. The summed E-state index contributed by atoms with van der Waals surface area (Å²) in [7, 11) is 0. The lowest BCUT2D eigenvalue weighted by molar-refractivity contribution is 0.0150. The lowest BCUT2D eigenvalue weighted by Gasteiger charge is -2.30. The molecule has 0 spiro atoms. The van der Waals surface area contributed by atoms with Crippen LogP contribution in [0.25, 0.3) is 0 Å². The van der Waals surface area contributed by atoms with Crippen LogP contribution in [0.1, 0.15) is 63.9 Å². The fraction of sp³-hybridized carbons (Fsp3) is 0.688. The van der Waals surface area contributed by atoms with Crippen molar-refractivity contribution in [3.63, 3.8) is 0 Å². The maximum absolute atomic E-state index is 10.8. The van der Waals surface area contributed by atoms with Gasteiger partial charge in [0, 0.05) is 18.0 Å². The van der Waals surface area contributed by atoms with Crippen molar-refractivity contribution in [1.29, 1.82) is 0 Å². The highest BCUT2D eigenvalue weighted by atomic mass is 16.3. The Hall–Kier alpha value is -0.890. The summed E-state index contributed by atoms with van der Waals surface area (Å²) < 4.78 is 0. The molecule has 1 unspecified atom stereocenters. The summed E-state index contributed by atoms with van der Waals surface area (Å²) in [4.78, 5) is 4.13. The number of nitrogens with zero attached hydrogens (tertiary/aromatic N) is 1. The van der Waals surface area contributed by atoms with E-state index in [1.165, 1.54) is 32.1 Å². The molecule has 0 amide bonds. The van der Waals surface area contributed by atoms with Gasteiger partial charge in [0.05, 0.1) is 5.60 Å². The second-order valence-corrected chi connectivity index (χ2v) is 5.67. The number of aromatic nitrogens is 1. The minimum Gasteiger partial charge on any atom is -0.385 e. The third-order valence-corrected chi connectivity index (χ3v) is 4.47. The van der Waals surface area contributed by atoms with E-state index in [9.17, 15) is 5.11 Å². The summed E-state index contributed by atoms with van der Waals surface area (Å²) in [6, 6.07) is 3.91. The molecule has 2 rings (SSSR count). The van der Waals surface area contributed by atoms with Gasteiger partial charge < -0.3 is 5.11 Å². The number of hydrogen-bond acceptors (Lipinski definition) is 2. The Morgan fingerprint density at radius 2 is 2.11 bits per heavy atom. The Morgan fingerprint density at radius 1 is 1.33 bits per heavy atom. The Labute approximate surface area is 110 Å². The van der Waals surface area contributed by atoms with Crippen LogP contribution in [0.4, 0.5) is 0 Å². The van der Waals surface area contributed by atoms with Gasteiger partial charge in [-0.25, -0.2) is 0 Å². The molecule has 1 atom stereocenters. The number of rotatable bonds is 5. The van der Waals surface area contributed by atoms with Gasteiger partial charge in [-0.3, -0.25) is 4.98 Å². The van der Waals surface area contributed by atoms with Gasteiger partial charge in [0.2, 0.25) is 0 Å². The first-order valence-corrected chi connectivity index (χ1v) is 7.37. The molecule has 18 heavy (non-hydrogen) atoms. The predicted molar refractivity (Wildman–Crippen MR) is 74.2 cm³/mol. The largest absolute Gasteiger partial charge is 0.385 e. The molecule has 1 aromatic rings. The van der Waals surface area contributed by atoms with Crippen LogP contribution in [-0.2, 0) is 5.60 Å². The SMILES string of the molecule is CCC(O)(CCC1CCCCC1)c1cccnc1. The fourth-order valence-corrected chi connectivity index (χ4v) is 3.08. The first kappa shape index (κ1) is 13.5. The van der Waals surface area contributed by atoms with Gasteiger partial charge in [-0.1, -0.05) is 45.1 Å². The van der Waals surface area contributed by atoms with Gasteiger partial charge in [0.15, 0.2) is 0 Å². The summed E-state index contributed by atoms with van der Waals surface area (Å²) in [6.07, 6.45) is 13.2. The van der Waals surface area contributed by atoms with E-state index in [0.29, 0.717) is 0 Å². The monoisotopic (exact) mass is 247 g/mol. The van der Waals surface area contributed by atoms with E-state index in [1.54, 1.807) is 6.20 Å². The molecule has 1 aliphatic carbocycles. The standard InChI is InChI=1S/C16H25NO/c1-2-16(18,15-9-6-12-17-13-15)11-10-14-7-4-3-5-8-14/h6,9,12-14,18H,2-5,7-8,10-11H2,1H3. The maximum Gasteiger partial charge on any atom is 0.0908 e. The highest BCUT2D eigenvalue weighted by Crippen LogP contribution is 2.34. The highest BCUT2D eigenvalue weighted by molar-refractivity contribution is 5.17. The first-order chi connectivity index (χ1) is 8.74. The van der Waals surface area contributed by atoms with Crippen LogP contribution in [0.15, 0.2) is 24.5 Å². The van der Waals surface area contributed by atoms with Crippen molar-refractivity contribution >= 4 is 0 Å². The molecular formula is C16H25NO. The minimum atomic E-state index is -0.675. The number of pyridine rings is 1. The Balaban J connectivity index is 1.95. The lowest BCUT2D eigenvalue weighted by Crippen LogP contribution is -2.26. The molecule has 1 heterocycles. The summed E-state index contributed by atoms with van der Waals surface area (Å²) in [6.45, 7) is 2.06. The van der Waals surface area contributed by atoms with Gasteiger partial charge >= 0.3 is 0 Å². The van der Waals surface area contributed by atoms with Gasteiger partial charge in [-0.05, 0) is 31.2 Å². The molecule has 1 N–H and O–H groups in total. The van der Waals surface area contributed by atoms with Gasteiger partial charge in [-0.2, -0.15) is 0 Å². The minimum absolute atomic E-state index is 0.675. The van der Waals surface area contributed by atoms with Crippen LogP contribution in [0.3, 0.4) is 0 Å². The van der Waals surface area contributed by atoms with Crippen LogP contribution in [0.5, 0.6) is 0 Å². The summed E-state index contributed by atoms with van der Waals surface area (Å²) in [5, 5.41) is 10.8. The Morgan fingerprint density at radius 3 is 2.72 bits per heavy atom. The number of aliphatic hydroxyl groups is 1. The molecule has 0 radical (unpaired) electrons. The number of hydrogen-bond donors (Lipinski definition) is 1. The van der Waals surface area contributed by atoms with Crippen LogP contribution in [0.2, 0.25) is 0 Å². The normalized spacial score (nSPS) is 20.6. The van der Waals surface area contributed by atoms with Crippen molar-refractivity contribution in [3.05, 3.63) is 30.1 Å². The first-order valence-electron chi connectivity index (χ1n) is 7.37. The molecule has 2 nitrogen and oxygen atoms in total. The van der Waals surface area contributed by atoms with Crippen molar-refractivity contribution in [3.8, 4) is 0 Å². The van der Waals surface area contributed by atoms with E-state index < -0.39 is 5.60 Å². The van der Waals surface area contributed by atoms with Crippen molar-refractivity contribution in [2.24, 2.45) is 5.92 Å². The van der Waals surface area contributed by atoms with Gasteiger partial charge in [0.1, 0.15) is 0 Å². The fourth-order valence-electron chi connectivity index (χ4n) is 3.08. The molecule has 1 aliphatic rings. The Kier molecular flexibility index (Phi) is 4.76. The second-order valence-electron chi connectivity index (χ2n) is 5.67. The zero-order chi connectivity index (χ0) is 12.8. The summed E-state index contributed by atoms with van der Waals surface area (Å²) >= 11 is 0. The van der Waals surface area contributed by atoms with E-state index >= 15 is 0 Å². The average molecular weight is 247 g/mol. The second kappa shape index (κ2) is 6.33. The lowest BCUT2D eigenvalue weighted by atomic mass is 9.80. The van der Waals surface area contributed by atoms with Crippen LogP contribution >= 0.6 is 0 Å². The highest BCUT2D eigenvalue weighted by Gasteiger charge is 2.28. The third kappa shape index (κ3) is 3.32. The van der Waals surface area contributed by atoms with Gasteiger partial charge in [-0.15, -0.1) is 0 Å². The predicted octanol–water partition coefficient (Wildman–Crippen LogP) is 4.04. The van der Waals surface area contributed by atoms with Gasteiger partial charge in [0.25, 0.3) is 0 Å². The van der Waals surface area contributed by atoms with Crippen molar-refractivity contribution in [2.75, 3.05) is 0 Å². The molecule has 1 saturated carbocycles. The zero-order valence-corrected chi connectivity index (χ0v) is 11.4. The zero-order valence-electron chi connectivity index (χ0n) is 11.4. The average Bonchev–Trinajstić information content (AvgIpc) is 2.47. The topological polar surface area (TPSA) is 33.1 Å². The van der Waals surface area contributed by atoms with E-state index in [-0.39, 0.29) is 0 Å². The van der Waals surface area contributed by atoms with E-state index in [2.05, 4.69) is 11.9 Å². The Bertz CT molecular complexity index is 345. The molecule has 0 saturated heterocycles. The van der Waals surface area contributed by atoms with Crippen molar-refractivity contribution in [2.45, 2.75) is 63.9 Å². The van der Waals surface area contributed by atoms with Crippen molar-refractivity contribution < 1.29 is 5.11 Å². The maximum atomic E-state index is 10.8. The van der Waals surface area contributed by atoms with Crippen LogP contribution in [0, 0.1) is 5.92 Å². The summed E-state index contributed by atoms with van der Waals surface area (Å²) in [5.74, 6) is 0.827. The molecule has 0 aromatic carbocycles.